The fourth-order valence-electron chi connectivity index (χ4n) is 3.76. The molecule has 1 amide bonds. The predicted octanol–water partition coefficient (Wildman–Crippen LogP) is 3.66. The average Bonchev–Trinajstić information content (AvgIpc) is 3.13. The van der Waals surface area contributed by atoms with Gasteiger partial charge in [0.2, 0.25) is 10.0 Å². The number of nitrogens with one attached hydrogen (secondary N) is 2. The van der Waals surface area contributed by atoms with Crippen molar-refractivity contribution in [2.75, 3.05) is 5.32 Å². The Morgan fingerprint density at radius 3 is 2.48 bits per heavy atom. The summed E-state index contributed by atoms with van der Waals surface area (Å²) in [4.78, 5) is 18.0. The van der Waals surface area contributed by atoms with Crippen molar-refractivity contribution in [3.63, 3.8) is 0 Å². The molecule has 2 N–H and O–H groups in total. The maximum atomic E-state index is 13.1. The summed E-state index contributed by atoms with van der Waals surface area (Å²) in [6.45, 7) is 3.53. The number of sulfonamides is 1. The maximum Gasteiger partial charge on any atom is 0.256 e. The van der Waals surface area contributed by atoms with Gasteiger partial charge in [0, 0.05) is 22.8 Å². The van der Waals surface area contributed by atoms with E-state index < -0.39 is 10.0 Å². The van der Waals surface area contributed by atoms with Gasteiger partial charge in [0.05, 0.1) is 16.0 Å². The number of amides is 1. The number of carbonyl (C=O) groups is 1. The highest BCUT2D eigenvalue weighted by Crippen LogP contribution is 2.30. The molecule has 1 aliphatic rings. The van der Waals surface area contributed by atoms with E-state index in [2.05, 4.69) is 10.0 Å². The van der Waals surface area contributed by atoms with Crippen molar-refractivity contribution < 1.29 is 13.2 Å². The van der Waals surface area contributed by atoms with Gasteiger partial charge in [-0.2, -0.15) is 0 Å². The maximum absolute atomic E-state index is 13.1. The first-order valence-electron chi connectivity index (χ1n) is 9.69. The van der Waals surface area contributed by atoms with Crippen LogP contribution in [0.4, 0.5) is 5.69 Å². The van der Waals surface area contributed by atoms with Crippen LogP contribution in [0.2, 0.25) is 0 Å². The van der Waals surface area contributed by atoms with E-state index in [-0.39, 0.29) is 16.8 Å². The minimum Gasteiger partial charge on any atom is -0.322 e. The number of anilines is 1. The summed E-state index contributed by atoms with van der Waals surface area (Å²) in [6.07, 6.45) is 2.72. The second-order valence-electron chi connectivity index (χ2n) is 7.54. The molecule has 0 bridgehead atoms. The third-order valence-corrected chi connectivity index (χ3v) is 6.63. The van der Waals surface area contributed by atoms with Crippen LogP contribution < -0.4 is 10.0 Å². The molecule has 0 aliphatic heterocycles. The number of hydrogen-bond acceptors (Lipinski definition) is 4. The molecule has 4 rings (SSSR count). The number of fused-ring (bicyclic) bond motifs is 2. The number of hydrogen-bond donors (Lipinski definition) is 2. The van der Waals surface area contributed by atoms with Gasteiger partial charge in [0.15, 0.2) is 0 Å². The van der Waals surface area contributed by atoms with Crippen LogP contribution in [0.25, 0.3) is 10.9 Å². The van der Waals surface area contributed by atoms with E-state index in [1.54, 1.807) is 26.0 Å². The van der Waals surface area contributed by atoms with Crippen LogP contribution >= 0.6 is 0 Å². The molecule has 29 heavy (non-hydrogen) atoms. The quantitative estimate of drug-likeness (QED) is 0.673. The Kier molecular flexibility index (Phi) is 5.10. The van der Waals surface area contributed by atoms with E-state index in [4.69, 9.17) is 4.98 Å². The Balaban J connectivity index is 1.64. The van der Waals surface area contributed by atoms with E-state index in [0.717, 1.165) is 41.4 Å². The molecule has 1 heterocycles. The highest BCUT2D eigenvalue weighted by atomic mass is 32.2. The van der Waals surface area contributed by atoms with Gasteiger partial charge in [-0.3, -0.25) is 9.78 Å². The van der Waals surface area contributed by atoms with E-state index in [9.17, 15) is 13.2 Å². The molecule has 7 heteroatoms. The van der Waals surface area contributed by atoms with Gasteiger partial charge in [0.25, 0.3) is 5.91 Å². The van der Waals surface area contributed by atoms with E-state index >= 15 is 0 Å². The molecule has 150 valence electrons. The van der Waals surface area contributed by atoms with Crippen molar-refractivity contribution in [2.24, 2.45) is 0 Å². The number of rotatable bonds is 5. The van der Waals surface area contributed by atoms with Crippen molar-refractivity contribution in [3.05, 3.63) is 65.4 Å². The zero-order valence-corrected chi connectivity index (χ0v) is 17.2. The van der Waals surface area contributed by atoms with Gasteiger partial charge < -0.3 is 5.32 Å². The molecule has 0 saturated carbocycles. The Labute approximate surface area is 170 Å². The number of benzene rings is 2. The van der Waals surface area contributed by atoms with Crippen LogP contribution in [0.3, 0.4) is 0 Å². The monoisotopic (exact) mass is 409 g/mol. The van der Waals surface area contributed by atoms with Gasteiger partial charge in [-0.05, 0) is 69.0 Å². The Bertz CT molecular complexity index is 1190. The standard InChI is InChI=1S/C22H23N3O3S/c1-14(2)25-29(27,28)16-12-10-15(11-13-16)23-22(26)21-17-6-3-4-8-19(17)24-20-9-5-7-18(20)21/h3-4,6,8,10-14,25H,5,7,9H2,1-2H3,(H,23,26). The number of aromatic nitrogens is 1. The molecular formula is C22H23N3O3S. The number of carbonyl (C=O) groups excluding carboxylic acids is 1. The Hall–Kier alpha value is -2.77. The molecule has 1 aromatic heterocycles. The fraction of sp³-hybridized carbons (Fsp3) is 0.273. The van der Waals surface area contributed by atoms with Gasteiger partial charge in [-0.25, -0.2) is 13.1 Å². The lowest BCUT2D eigenvalue weighted by Crippen LogP contribution is -2.30. The van der Waals surface area contributed by atoms with Crippen molar-refractivity contribution in [1.29, 1.82) is 0 Å². The molecule has 0 fully saturated rings. The predicted molar refractivity (Wildman–Crippen MR) is 114 cm³/mol. The van der Waals surface area contributed by atoms with Crippen molar-refractivity contribution in [1.82, 2.24) is 9.71 Å². The third kappa shape index (κ3) is 3.88. The Morgan fingerprint density at radius 2 is 1.76 bits per heavy atom. The topological polar surface area (TPSA) is 88.2 Å². The minimum absolute atomic E-state index is 0.166. The van der Waals surface area contributed by atoms with E-state index in [0.29, 0.717) is 11.3 Å². The summed E-state index contributed by atoms with van der Waals surface area (Å²) in [5.41, 5.74) is 4.04. The van der Waals surface area contributed by atoms with Gasteiger partial charge in [-0.15, -0.1) is 0 Å². The minimum atomic E-state index is -3.56. The SMILES string of the molecule is CC(C)NS(=O)(=O)c1ccc(NC(=O)c2c3c(nc4ccccc24)CCC3)cc1. The van der Waals surface area contributed by atoms with Crippen LogP contribution in [0, 0.1) is 0 Å². The van der Waals surface area contributed by atoms with Gasteiger partial charge in [-0.1, -0.05) is 18.2 Å². The number of aryl methyl sites for hydroxylation is 1. The van der Waals surface area contributed by atoms with Crippen LogP contribution in [-0.4, -0.2) is 25.4 Å². The van der Waals surface area contributed by atoms with Crippen LogP contribution in [-0.2, 0) is 22.9 Å². The zero-order chi connectivity index (χ0) is 20.6. The summed E-state index contributed by atoms with van der Waals surface area (Å²) < 4.78 is 27.1. The first kappa shape index (κ1) is 19.5. The van der Waals surface area contributed by atoms with Gasteiger partial charge in [0.1, 0.15) is 0 Å². The molecule has 6 nitrogen and oxygen atoms in total. The lowest BCUT2D eigenvalue weighted by Gasteiger charge is -2.13. The van der Waals surface area contributed by atoms with Crippen LogP contribution in [0.5, 0.6) is 0 Å². The molecule has 0 unspecified atom stereocenters. The summed E-state index contributed by atoms with van der Waals surface area (Å²) in [6, 6.07) is 13.7. The highest BCUT2D eigenvalue weighted by Gasteiger charge is 2.24. The Morgan fingerprint density at radius 1 is 1.03 bits per heavy atom. The van der Waals surface area contributed by atoms with Crippen LogP contribution in [0.15, 0.2) is 53.4 Å². The molecule has 0 atom stereocenters. The number of para-hydroxylation sites is 1. The third-order valence-electron chi connectivity index (χ3n) is 4.96. The first-order chi connectivity index (χ1) is 13.8. The molecule has 0 radical (unpaired) electrons. The van der Waals surface area contributed by atoms with Crippen molar-refractivity contribution in [3.8, 4) is 0 Å². The fourth-order valence-corrected chi connectivity index (χ4v) is 5.01. The molecule has 0 spiro atoms. The molecule has 0 saturated heterocycles. The number of nitrogens with zero attached hydrogens (tertiary/aromatic N) is 1. The average molecular weight is 410 g/mol. The van der Waals surface area contributed by atoms with Crippen molar-refractivity contribution in [2.45, 2.75) is 44.0 Å². The smallest absolute Gasteiger partial charge is 0.256 e. The van der Waals surface area contributed by atoms with E-state index in [1.165, 1.54) is 12.1 Å². The zero-order valence-electron chi connectivity index (χ0n) is 16.4. The van der Waals surface area contributed by atoms with Crippen LogP contribution in [0.1, 0.15) is 41.9 Å². The first-order valence-corrected chi connectivity index (χ1v) is 11.2. The summed E-state index contributed by atoms with van der Waals surface area (Å²) >= 11 is 0. The molecule has 1 aliphatic carbocycles. The second-order valence-corrected chi connectivity index (χ2v) is 9.25. The van der Waals surface area contributed by atoms with Crippen molar-refractivity contribution >= 4 is 32.5 Å². The van der Waals surface area contributed by atoms with E-state index in [1.807, 2.05) is 24.3 Å². The molecule has 2 aromatic carbocycles. The highest BCUT2D eigenvalue weighted by molar-refractivity contribution is 7.89. The second kappa shape index (κ2) is 7.57. The number of pyridine rings is 1. The van der Waals surface area contributed by atoms with Gasteiger partial charge >= 0.3 is 0 Å². The lowest BCUT2D eigenvalue weighted by molar-refractivity contribution is 0.102. The largest absolute Gasteiger partial charge is 0.322 e. The summed E-state index contributed by atoms with van der Waals surface area (Å²) in [5, 5.41) is 3.76. The summed E-state index contributed by atoms with van der Waals surface area (Å²) in [7, 11) is -3.56. The summed E-state index contributed by atoms with van der Waals surface area (Å²) in [5.74, 6) is -0.197. The lowest BCUT2D eigenvalue weighted by atomic mass is 10.0. The molecule has 3 aromatic rings. The molecular weight excluding hydrogens is 386 g/mol. The normalized spacial score (nSPS) is 13.6.